The van der Waals surface area contributed by atoms with Crippen molar-refractivity contribution in [1.82, 2.24) is 0 Å². The third-order valence-corrected chi connectivity index (χ3v) is 0. The molecule has 0 amide bonds. The number of hydrogen-bond acceptors (Lipinski definition) is 0. The summed E-state index contributed by atoms with van der Waals surface area (Å²) in [4.78, 5) is 0. The molecule has 0 atom stereocenters. The van der Waals surface area contributed by atoms with E-state index in [0.29, 0.717) is 0 Å². The molecule has 0 aliphatic rings. The summed E-state index contributed by atoms with van der Waals surface area (Å²) in [5.74, 6) is 0. The molecule has 0 radical (unpaired) electrons. The Morgan fingerprint density at radius 1 is 0.875 bits per heavy atom. The molecule has 0 aromatic heterocycles. The number of hydrogen-bond donors (Lipinski definition) is 0. The summed E-state index contributed by atoms with van der Waals surface area (Å²) >= 11 is 19.7. The van der Waals surface area contributed by atoms with Gasteiger partial charge in [-0.15, -0.1) is 0 Å². The molecule has 0 N–H and O–H groups in total. The predicted molar refractivity (Wildman–Crippen MR) is 53.6 cm³/mol. The minimum absolute atomic E-state index is 0.125. The molecule has 0 saturated heterocycles. The van der Waals surface area contributed by atoms with Crippen LogP contribution in [-0.4, -0.2) is 0 Å². The maximum atomic E-state index is 3.33. The van der Waals surface area contributed by atoms with Crippen molar-refractivity contribution in [1.29, 1.82) is 0 Å². The average Bonchev–Trinajstić information content (AvgIpc) is 1.27. The SMILES string of the molecule is [Br][W]([Br])([Br])[Br].[Br][W][Br]. The van der Waals surface area contributed by atoms with Gasteiger partial charge in [0.25, 0.3) is 0 Å². The normalized spacial score (nSPS) is 11.8. The monoisotopic (exact) mass is 841 g/mol. The van der Waals surface area contributed by atoms with Crippen LogP contribution in [0.3, 0.4) is 0 Å². The van der Waals surface area contributed by atoms with Gasteiger partial charge in [-0.2, -0.15) is 0 Å². The van der Waals surface area contributed by atoms with E-state index in [9.17, 15) is 0 Å². The molecule has 0 rings (SSSR count). The fourth-order valence-electron chi connectivity index (χ4n) is 0. The van der Waals surface area contributed by atoms with E-state index in [1.807, 2.05) is 0 Å². The fourth-order valence-corrected chi connectivity index (χ4v) is 0. The van der Waals surface area contributed by atoms with Gasteiger partial charge in [0.05, 0.1) is 0 Å². The van der Waals surface area contributed by atoms with E-state index in [4.69, 9.17) is 0 Å². The van der Waals surface area contributed by atoms with Crippen LogP contribution < -0.4 is 0 Å². The molecular formula is Br6W2. The standard InChI is InChI=1S/6BrH.2W/h6*1H;;/q;;;;;;+2;+4/p-6. The van der Waals surface area contributed by atoms with Crippen molar-refractivity contribution in [2.45, 2.75) is 0 Å². The molecule has 0 aliphatic heterocycles. The van der Waals surface area contributed by atoms with E-state index in [-0.39, 0.29) is 14.5 Å². The van der Waals surface area contributed by atoms with Crippen LogP contribution in [0.25, 0.3) is 0 Å². The van der Waals surface area contributed by atoms with Crippen molar-refractivity contribution in [2.24, 2.45) is 0 Å². The molecule has 8 heteroatoms. The molecule has 0 heterocycles. The van der Waals surface area contributed by atoms with Crippen LogP contribution in [-0.2, 0) is 22.3 Å². The number of halogens is 6. The van der Waals surface area contributed by atoms with Gasteiger partial charge in [-0.05, 0) is 0 Å². The second kappa shape index (κ2) is 9.35. The summed E-state index contributed by atoms with van der Waals surface area (Å²) in [6.45, 7) is 0. The van der Waals surface area contributed by atoms with Crippen LogP contribution >= 0.6 is 79.8 Å². The zero-order valence-corrected chi connectivity index (χ0v) is 18.5. The Balaban J connectivity index is 0. The van der Waals surface area contributed by atoms with Crippen LogP contribution in [0.4, 0.5) is 0 Å². The van der Waals surface area contributed by atoms with Crippen LogP contribution in [0.5, 0.6) is 0 Å². The van der Waals surface area contributed by atoms with Crippen LogP contribution in [0.15, 0.2) is 0 Å². The van der Waals surface area contributed by atoms with Gasteiger partial charge >= 0.3 is 102 Å². The number of rotatable bonds is 0. The Kier molecular flexibility index (Phi) is 17.2. The minimum atomic E-state index is -1.92. The van der Waals surface area contributed by atoms with Crippen molar-refractivity contribution in [3.05, 3.63) is 0 Å². The van der Waals surface area contributed by atoms with Crippen LogP contribution in [0.2, 0.25) is 0 Å². The van der Waals surface area contributed by atoms with E-state index in [1.54, 1.807) is 0 Å². The third kappa shape index (κ3) is 48.5. The molecule has 0 aromatic rings. The third-order valence-electron chi connectivity index (χ3n) is 0. The summed E-state index contributed by atoms with van der Waals surface area (Å²) in [5, 5.41) is 0. The fraction of sp³-hybridized carbons (Fsp3) is 0. The molecule has 0 saturated carbocycles. The molecule has 54 valence electrons. The summed E-state index contributed by atoms with van der Waals surface area (Å²) in [7, 11) is -1.92. The van der Waals surface area contributed by atoms with Crippen molar-refractivity contribution in [2.75, 3.05) is 0 Å². The van der Waals surface area contributed by atoms with E-state index >= 15 is 0 Å². The molecule has 0 bridgehead atoms. The van der Waals surface area contributed by atoms with Gasteiger partial charge in [-0.25, -0.2) is 0 Å². The topological polar surface area (TPSA) is 0 Å². The summed E-state index contributed by atoms with van der Waals surface area (Å²) in [5.41, 5.74) is 0. The van der Waals surface area contributed by atoms with Gasteiger partial charge in [0.1, 0.15) is 0 Å². The zero-order chi connectivity index (χ0) is 7.21. The van der Waals surface area contributed by atoms with E-state index in [0.717, 1.165) is 0 Å². The van der Waals surface area contributed by atoms with Gasteiger partial charge < -0.3 is 0 Å². The molecular weight excluding hydrogens is 847 g/mol. The maximum absolute atomic E-state index is 3.33. The second-order valence-electron chi connectivity index (χ2n) is 0.408. The molecule has 0 fully saturated rings. The first-order valence-electron chi connectivity index (χ1n) is 0.926. The Morgan fingerprint density at radius 3 is 0.875 bits per heavy atom. The molecule has 0 aliphatic carbocycles. The zero-order valence-electron chi connectivity index (χ0n) is 3.08. The van der Waals surface area contributed by atoms with Crippen molar-refractivity contribution >= 4 is 79.8 Å². The quantitative estimate of drug-likeness (QED) is 0.320. The summed E-state index contributed by atoms with van der Waals surface area (Å²) < 4.78 is 0. The first kappa shape index (κ1) is 14.8. The van der Waals surface area contributed by atoms with Crippen LogP contribution in [0.1, 0.15) is 0 Å². The van der Waals surface area contributed by atoms with Gasteiger partial charge in [0.15, 0.2) is 0 Å². The Hall–Kier alpha value is 4.26. The predicted octanol–water partition coefficient (Wildman–Crippen LogP) is 5.07. The second-order valence-corrected chi connectivity index (χ2v) is 90.2. The van der Waals surface area contributed by atoms with E-state index in [2.05, 4.69) is 79.8 Å². The first-order valence-corrected chi connectivity index (χ1v) is 39.4. The molecule has 0 spiro atoms. The van der Waals surface area contributed by atoms with E-state index in [1.165, 1.54) is 0 Å². The average molecular weight is 847 g/mol. The molecule has 0 aromatic carbocycles. The molecule has 0 unspecified atom stereocenters. The Morgan fingerprint density at radius 2 is 0.875 bits per heavy atom. The summed E-state index contributed by atoms with van der Waals surface area (Å²) in [6, 6.07) is 0. The first-order chi connectivity index (χ1) is 3.41. The Labute approximate surface area is 99.3 Å². The molecule has 0 nitrogen and oxygen atoms in total. The van der Waals surface area contributed by atoms with Crippen molar-refractivity contribution in [3.8, 4) is 0 Å². The van der Waals surface area contributed by atoms with Gasteiger partial charge in [0.2, 0.25) is 0 Å². The van der Waals surface area contributed by atoms with Crippen LogP contribution in [0, 0.1) is 0 Å². The van der Waals surface area contributed by atoms with Crippen molar-refractivity contribution < 1.29 is 22.3 Å². The summed E-state index contributed by atoms with van der Waals surface area (Å²) in [6.07, 6.45) is 0. The van der Waals surface area contributed by atoms with Gasteiger partial charge in [-0.1, -0.05) is 0 Å². The van der Waals surface area contributed by atoms with Gasteiger partial charge in [0, 0.05) is 0 Å². The van der Waals surface area contributed by atoms with E-state index < -0.39 is 7.84 Å². The Bertz CT molecular complexity index is 30.3. The van der Waals surface area contributed by atoms with Gasteiger partial charge in [-0.3, -0.25) is 0 Å². The molecule has 8 heavy (non-hydrogen) atoms. The van der Waals surface area contributed by atoms with Crippen molar-refractivity contribution in [3.63, 3.8) is 0 Å².